The van der Waals surface area contributed by atoms with Gasteiger partial charge in [-0.1, -0.05) is 15.9 Å². The van der Waals surface area contributed by atoms with Crippen LogP contribution in [0.2, 0.25) is 0 Å². The van der Waals surface area contributed by atoms with Gasteiger partial charge in [-0.2, -0.15) is 5.26 Å². The van der Waals surface area contributed by atoms with Gasteiger partial charge in [-0.25, -0.2) is 4.98 Å². The number of imidazole rings is 1. The van der Waals surface area contributed by atoms with E-state index in [0.29, 0.717) is 13.1 Å². The summed E-state index contributed by atoms with van der Waals surface area (Å²) in [4.78, 5) is 4.27. The molecule has 0 radical (unpaired) electrons. The fourth-order valence-corrected chi connectivity index (χ4v) is 2.77. The van der Waals surface area contributed by atoms with Crippen molar-refractivity contribution in [2.45, 2.75) is 26.9 Å². The van der Waals surface area contributed by atoms with Crippen molar-refractivity contribution in [2.24, 2.45) is 0 Å². The number of nitrogens with zero attached hydrogens (tertiary/aromatic N) is 3. The van der Waals surface area contributed by atoms with E-state index in [-0.39, 0.29) is 0 Å². The number of halogens is 1. The largest absolute Gasteiger partial charge is 0.377 e. The van der Waals surface area contributed by atoms with Gasteiger partial charge in [0.05, 0.1) is 12.6 Å². The highest BCUT2D eigenvalue weighted by atomic mass is 79.9. The first kappa shape index (κ1) is 13.6. The number of benzene rings is 1. The standard InChI is InChI=1S/C14H15BrN4/c1-10-7-12(15)8-11(2)14(10)18-9-13-17-4-6-19(13)5-3-16/h4,6-8,18H,5,9H2,1-2H3. The number of hydrogen-bond acceptors (Lipinski definition) is 3. The normalized spacial score (nSPS) is 10.2. The molecule has 1 N–H and O–H groups in total. The molecule has 0 bridgehead atoms. The summed E-state index contributed by atoms with van der Waals surface area (Å²) in [5, 5.41) is 12.1. The minimum Gasteiger partial charge on any atom is -0.377 e. The number of aryl methyl sites for hydroxylation is 2. The van der Waals surface area contributed by atoms with E-state index < -0.39 is 0 Å². The maximum atomic E-state index is 8.74. The second kappa shape index (κ2) is 5.89. The van der Waals surface area contributed by atoms with E-state index in [1.807, 2.05) is 10.8 Å². The van der Waals surface area contributed by atoms with E-state index in [1.54, 1.807) is 6.20 Å². The van der Waals surface area contributed by atoms with Crippen molar-refractivity contribution in [2.75, 3.05) is 5.32 Å². The molecule has 2 aromatic rings. The zero-order valence-corrected chi connectivity index (χ0v) is 12.5. The number of nitriles is 1. The maximum absolute atomic E-state index is 8.74. The van der Waals surface area contributed by atoms with Crippen LogP contribution in [0.25, 0.3) is 0 Å². The molecule has 1 aromatic heterocycles. The topological polar surface area (TPSA) is 53.6 Å². The second-order valence-corrected chi connectivity index (χ2v) is 5.31. The number of nitrogens with one attached hydrogen (secondary N) is 1. The molecule has 0 aliphatic rings. The summed E-state index contributed by atoms with van der Waals surface area (Å²) in [6, 6.07) is 6.29. The first-order valence-electron chi connectivity index (χ1n) is 5.99. The molecule has 19 heavy (non-hydrogen) atoms. The minimum absolute atomic E-state index is 0.329. The van der Waals surface area contributed by atoms with Gasteiger partial charge in [0.2, 0.25) is 0 Å². The van der Waals surface area contributed by atoms with E-state index in [0.717, 1.165) is 16.0 Å². The Bertz CT molecular complexity index is 602. The lowest BCUT2D eigenvalue weighted by molar-refractivity contribution is 0.758. The van der Waals surface area contributed by atoms with E-state index in [2.05, 4.69) is 58.3 Å². The van der Waals surface area contributed by atoms with E-state index in [9.17, 15) is 0 Å². The van der Waals surface area contributed by atoms with Crippen molar-refractivity contribution in [3.05, 3.63) is 46.0 Å². The number of aromatic nitrogens is 2. The van der Waals surface area contributed by atoms with Gasteiger partial charge in [-0.05, 0) is 37.1 Å². The third-order valence-corrected chi connectivity index (χ3v) is 3.42. The number of hydrogen-bond donors (Lipinski definition) is 1. The van der Waals surface area contributed by atoms with Crippen LogP contribution in [0, 0.1) is 25.2 Å². The van der Waals surface area contributed by atoms with Crippen molar-refractivity contribution >= 4 is 21.6 Å². The molecule has 0 spiro atoms. The molecule has 1 heterocycles. The molecule has 2 rings (SSSR count). The highest BCUT2D eigenvalue weighted by Crippen LogP contribution is 2.25. The molecule has 1 aromatic carbocycles. The van der Waals surface area contributed by atoms with Gasteiger partial charge in [0.15, 0.2) is 0 Å². The summed E-state index contributed by atoms with van der Waals surface area (Å²) in [5.74, 6) is 0.864. The Morgan fingerprint density at radius 2 is 2.05 bits per heavy atom. The third-order valence-electron chi connectivity index (χ3n) is 2.96. The molecule has 0 unspecified atom stereocenters. The smallest absolute Gasteiger partial charge is 0.128 e. The number of rotatable bonds is 4. The molecular formula is C14H15BrN4. The van der Waals surface area contributed by atoms with Gasteiger partial charge in [-0.3, -0.25) is 0 Å². The predicted octanol–water partition coefficient (Wildman–Crippen LogP) is 3.40. The molecule has 0 aliphatic carbocycles. The Labute approximate surface area is 121 Å². The Morgan fingerprint density at radius 1 is 1.37 bits per heavy atom. The number of anilines is 1. The molecule has 0 fully saturated rings. The van der Waals surface area contributed by atoms with Crippen LogP contribution in [0.1, 0.15) is 17.0 Å². The van der Waals surface area contributed by atoms with Gasteiger partial charge in [0, 0.05) is 22.6 Å². The van der Waals surface area contributed by atoms with Crippen molar-refractivity contribution in [1.29, 1.82) is 5.26 Å². The molecule has 4 nitrogen and oxygen atoms in total. The lowest BCUT2D eigenvalue weighted by Gasteiger charge is -2.13. The average Bonchev–Trinajstić information content (AvgIpc) is 2.76. The Morgan fingerprint density at radius 3 is 2.68 bits per heavy atom. The van der Waals surface area contributed by atoms with Gasteiger partial charge in [-0.15, -0.1) is 0 Å². The highest BCUT2D eigenvalue weighted by molar-refractivity contribution is 9.10. The predicted molar refractivity (Wildman–Crippen MR) is 78.8 cm³/mol. The van der Waals surface area contributed by atoms with Crippen LogP contribution in [-0.4, -0.2) is 9.55 Å². The summed E-state index contributed by atoms with van der Waals surface area (Å²) in [6.45, 7) is 5.08. The van der Waals surface area contributed by atoms with Gasteiger partial charge >= 0.3 is 0 Å². The second-order valence-electron chi connectivity index (χ2n) is 4.40. The van der Waals surface area contributed by atoms with Crippen LogP contribution in [0.3, 0.4) is 0 Å². The zero-order valence-electron chi connectivity index (χ0n) is 10.9. The lowest BCUT2D eigenvalue weighted by Crippen LogP contribution is -2.09. The molecular weight excluding hydrogens is 304 g/mol. The quantitative estimate of drug-likeness (QED) is 0.940. The van der Waals surface area contributed by atoms with Crippen LogP contribution in [0.4, 0.5) is 5.69 Å². The molecule has 98 valence electrons. The fourth-order valence-electron chi connectivity index (χ4n) is 2.08. The molecule has 0 aliphatic heterocycles. The average molecular weight is 319 g/mol. The van der Waals surface area contributed by atoms with E-state index in [4.69, 9.17) is 5.26 Å². The van der Waals surface area contributed by atoms with Crippen LogP contribution >= 0.6 is 15.9 Å². The summed E-state index contributed by atoms with van der Waals surface area (Å²) < 4.78 is 2.93. The van der Waals surface area contributed by atoms with E-state index >= 15 is 0 Å². The third kappa shape index (κ3) is 3.15. The van der Waals surface area contributed by atoms with Gasteiger partial charge < -0.3 is 9.88 Å². The fraction of sp³-hybridized carbons (Fsp3) is 0.286. The Hall–Kier alpha value is -1.80. The van der Waals surface area contributed by atoms with Crippen LogP contribution in [-0.2, 0) is 13.1 Å². The molecule has 0 atom stereocenters. The van der Waals surface area contributed by atoms with Crippen LogP contribution in [0.15, 0.2) is 29.0 Å². The van der Waals surface area contributed by atoms with Crippen molar-refractivity contribution < 1.29 is 0 Å². The molecule has 0 saturated heterocycles. The summed E-state index contributed by atoms with van der Waals surface area (Å²) in [7, 11) is 0. The zero-order chi connectivity index (χ0) is 13.8. The maximum Gasteiger partial charge on any atom is 0.128 e. The first-order chi connectivity index (χ1) is 9.11. The minimum atomic E-state index is 0.329. The van der Waals surface area contributed by atoms with Crippen molar-refractivity contribution in [1.82, 2.24) is 9.55 Å². The van der Waals surface area contributed by atoms with Crippen molar-refractivity contribution in [3.8, 4) is 6.07 Å². The summed E-state index contributed by atoms with van der Waals surface area (Å²) in [6.07, 6.45) is 3.54. The Kier molecular flexibility index (Phi) is 4.23. The summed E-state index contributed by atoms with van der Waals surface area (Å²) >= 11 is 3.49. The van der Waals surface area contributed by atoms with Gasteiger partial charge in [0.1, 0.15) is 12.4 Å². The molecule has 5 heteroatoms. The van der Waals surface area contributed by atoms with E-state index in [1.165, 1.54) is 11.1 Å². The first-order valence-corrected chi connectivity index (χ1v) is 6.78. The monoisotopic (exact) mass is 318 g/mol. The Balaban J connectivity index is 2.15. The molecule has 0 amide bonds. The van der Waals surface area contributed by atoms with Crippen LogP contribution in [0.5, 0.6) is 0 Å². The highest BCUT2D eigenvalue weighted by Gasteiger charge is 2.06. The SMILES string of the molecule is Cc1cc(Br)cc(C)c1NCc1nccn1CC#N. The van der Waals surface area contributed by atoms with Gasteiger partial charge in [0.25, 0.3) is 0 Å². The summed E-state index contributed by atoms with van der Waals surface area (Å²) in [5.41, 5.74) is 3.49. The molecule has 0 saturated carbocycles. The van der Waals surface area contributed by atoms with Crippen molar-refractivity contribution in [3.63, 3.8) is 0 Å². The lowest BCUT2D eigenvalue weighted by atomic mass is 10.1. The van der Waals surface area contributed by atoms with Crippen LogP contribution < -0.4 is 5.32 Å².